The second-order valence-electron chi connectivity index (χ2n) is 5.27. The summed E-state index contributed by atoms with van der Waals surface area (Å²) in [6.07, 6.45) is -1.29. The molecule has 2 atom stereocenters. The van der Waals surface area contributed by atoms with Gasteiger partial charge in [0.1, 0.15) is 6.54 Å². The first-order valence-corrected chi connectivity index (χ1v) is 7.14. The molecule has 118 valence electrons. The topological polar surface area (TPSA) is 44.4 Å². The predicted molar refractivity (Wildman–Crippen MR) is 71.4 cm³/mol. The summed E-state index contributed by atoms with van der Waals surface area (Å²) in [4.78, 5) is 13.6. The molecular weight excluding hydrogens is 271 g/mol. The molecule has 0 aromatic carbocycles. The van der Waals surface area contributed by atoms with E-state index >= 15 is 0 Å². The molecule has 0 saturated carbocycles. The number of likely N-dealkylation sites (tertiary alicyclic amines) is 1. The fourth-order valence-electron chi connectivity index (χ4n) is 2.68. The SMILES string of the molecule is CCNC(C)C1CCCCN1CC(=O)NCC(F)(F)F. The van der Waals surface area contributed by atoms with Crippen LogP contribution in [0.2, 0.25) is 0 Å². The minimum absolute atomic E-state index is 0.0382. The van der Waals surface area contributed by atoms with Crippen molar-refractivity contribution in [1.82, 2.24) is 15.5 Å². The number of piperidine rings is 1. The molecule has 0 aromatic heterocycles. The lowest BCUT2D eigenvalue weighted by Crippen LogP contribution is -2.54. The van der Waals surface area contributed by atoms with Crippen molar-refractivity contribution >= 4 is 5.91 Å². The minimum Gasteiger partial charge on any atom is -0.346 e. The molecule has 0 bridgehead atoms. The Kier molecular flexibility index (Phi) is 6.75. The molecule has 2 N–H and O–H groups in total. The van der Waals surface area contributed by atoms with Gasteiger partial charge in [-0.15, -0.1) is 0 Å². The maximum absolute atomic E-state index is 12.1. The smallest absolute Gasteiger partial charge is 0.346 e. The van der Waals surface area contributed by atoms with Gasteiger partial charge in [-0.3, -0.25) is 9.69 Å². The zero-order chi connectivity index (χ0) is 15.2. The third kappa shape index (κ3) is 6.09. The van der Waals surface area contributed by atoms with Crippen molar-refractivity contribution < 1.29 is 18.0 Å². The van der Waals surface area contributed by atoms with Crippen LogP contribution >= 0.6 is 0 Å². The summed E-state index contributed by atoms with van der Waals surface area (Å²) >= 11 is 0. The van der Waals surface area contributed by atoms with Crippen molar-refractivity contribution in [3.63, 3.8) is 0 Å². The number of hydrogen-bond donors (Lipinski definition) is 2. The standard InChI is InChI=1S/C13H24F3N3O/c1-3-17-10(2)11-6-4-5-7-19(11)8-12(20)18-9-13(14,15)16/h10-11,17H,3-9H2,1-2H3,(H,18,20). The van der Waals surface area contributed by atoms with E-state index in [1.54, 1.807) is 0 Å². The van der Waals surface area contributed by atoms with Crippen LogP contribution < -0.4 is 10.6 Å². The van der Waals surface area contributed by atoms with Gasteiger partial charge in [-0.1, -0.05) is 13.3 Å². The Labute approximate surface area is 118 Å². The number of amides is 1. The molecule has 1 aliphatic rings. The Morgan fingerprint density at radius 1 is 1.40 bits per heavy atom. The Hall–Kier alpha value is -0.820. The van der Waals surface area contributed by atoms with E-state index in [0.29, 0.717) is 0 Å². The van der Waals surface area contributed by atoms with Crippen LogP contribution in [-0.4, -0.2) is 55.2 Å². The largest absolute Gasteiger partial charge is 0.405 e. The van der Waals surface area contributed by atoms with E-state index in [-0.39, 0.29) is 18.6 Å². The van der Waals surface area contributed by atoms with Gasteiger partial charge >= 0.3 is 6.18 Å². The van der Waals surface area contributed by atoms with E-state index in [2.05, 4.69) is 12.2 Å². The number of alkyl halides is 3. The quantitative estimate of drug-likeness (QED) is 0.781. The van der Waals surface area contributed by atoms with E-state index in [9.17, 15) is 18.0 Å². The molecule has 2 unspecified atom stereocenters. The highest BCUT2D eigenvalue weighted by atomic mass is 19.4. The first-order chi connectivity index (χ1) is 9.33. The molecule has 0 spiro atoms. The highest BCUT2D eigenvalue weighted by Crippen LogP contribution is 2.19. The average molecular weight is 295 g/mol. The number of nitrogens with one attached hydrogen (secondary N) is 2. The summed E-state index contributed by atoms with van der Waals surface area (Å²) in [6.45, 7) is 4.45. The summed E-state index contributed by atoms with van der Waals surface area (Å²) in [6, 6.07) is 0.441. The van der Waals surface area contributed by atoms with Gasteiger partial charge in [0.05, 0.1) is 6.54 Å². The summed E-state index contributed by atoms with van der Waals surface area (Å²) in [5, 5.41) is 5.26. The van der Waals surface area contributed by atoms with Crippen molar-refractivity contribution in [3.05, 3.63) is 0 Å². The lowest BCUT2D eigenvalue weighted by atomic mass is 9.96. The summed E-state index contributed by atoms with van der Waals surface area (Å²) in [5.74, 6) is -0.557. The van der Waals surface area contributed by atoms with Crippen LogP contribution in [0.15, 0.2) is 0 Å². The van der Waals surface area contributed by atoms with Gasteiger partial charge in [-0.2, -0.15) is 13.2 Å². The van der Waals surface area contributed by atoms with E-state index < -0.39 is 18.6 Å². The number of hydrogen-bond acceptors (Lipinski definition) is 3. The van der Waals surface area contributed by atoms with Crippen LogP contribution in [0.25, 0.3) is 0 Å². The Morgan fingerprint density at radius 3 is 2.70 bits per heavy atom. The molecule has 0 aromatic rings. The van der Waals surface area contributed by atoms with Crippen molar-refractivity contribution in [2.24, 2.45) is 0 Å². The third-order valence-electron chi connectivity index (χ3n) is 3.60. The maximum atomic E-state index is 12.1. The molecule has 1 rings (SSSR count). The summed E-state index contributed by atoms with van der Waals surface area (Å²) in [5.41, 5.74) is 0. The van der Waals surface area contributed by atoms with Crippen molar-refractivity contribution in [2.75, 3.05) is 26.2 Å². The maximum Gasteiger partial charge on any atom is 0.405 e. The second-order valence-corrected chi connectivity index (χ2v) is 5.27. The van der Waals surface area contributed by atoms with E-state index in [1.165, 1.54) is 0 Å². The Morgan fingerprint density at radius 2 is 2.10 bits per heavy atom. The van der Waals surface area contributed by atoms with Crippen LogP contribution in [0.3, 0.4) is 0 Å². The average Bonchev–Trinajstić information content (AvgIpc) is 2.36. The molecule has 1 heterocycles. The second kappa shape index (κ2) is 7.83. The molecule has 1 aliphatic heterocycles. The van der Waals surface area contributed by atoms with Crippen LogP contribution in [0.1, 0.15) is 33.1 Å². The highest BCUT2D eigenvalue weighted by molar-refractivity contribution is 5.78. The van der Waals surface area contributed by atoms with Crippen LogP contribution in [0.5, 0.6) is 0 Å². The van der Waals surface area contributed by atoms with Crippen molar-refractivity contribution in [2.45, 2.75) is 51.4 Å². The fourth-order valence-corrected chi connectivity index (χ4v) is 2.68. The molecule has 20 heavy (non-hydrogen) atoms. The van der Waals surface area contributed by atoms with Gasteiger partial charge in [0.2, 0.25) is 5.91 Å². The van der Waals surface area contributed by atoms with Gasteiger partial charge in [0.15, 0.2) is 0 Å². The molecular formula is C13H24F3N3O. The number of halogens is 3. The van der Waals surface area contributed by atoms with Crippen LogP contribution in [0.4, 0.5) is 13.2 Å². The van der Waals surface area contributed by atoms with E-state index in [1.807, 2.05) is 17.1 Å². The van der Waals surface area contributed by atoms with Gasteiger partial charge in [0, 0.05) is 12.1 Å². The van der Waals surface area contributed by atoms with Gasteiger partial charge in [-0.05, 0) is 32.9 Å². The molecule has 7 heteroatoms. The zero-order valence-corrected chi connectivity index (χ0v) is 12.1. The van der Waals surface area contributed by atoms with E-state index in [4.69, 9.17) is 0 Å². The van der Waals surface area contributed by atoms with Crippen LogP contribution in [0, 0.1) is 0 Å². The zero-order valence-electron chi connectivity index (χ0n) is 12.1. The number of nitrogens with zero attached hydrogens (tertiary/aromatic N) is 1. The van der Waals surface area contributed by atoms with Crippen molar-refractivity contribution in [1.29, 1.82) is 0 Å². The van der Waals surface area contributed by atoms with Crippen molar-refractivity contribution in [3.8, 4) is 0 Å². The monoisotopic (exact) mass is 295 g/mol. The first-order valence-electron chi connectivity index (χ1n) is 7.14. The number of carbonyl (C=O) groups excluding carboxylic acids is 1. The van der Waals surface area contributed by atoms with Gasteiger partial charge in [0.25, 0.3) is 0 Å². The normalized spacial score (nSPS) is 22.6. The lowest BCUT2D eigenvalue weighted by molar-refractivity contribution is -0.139. The third-order valence-corrected chi connectivity index (χ3v) is 3.60. The predicted octanol–water partition coefficient (Wildman–Crippen LogP) is 1.52. The Balaban J connectivity index is 2.47. The number of carbonyl (C=O) groups is 1. The number of rotatable bonds is 6. The molecule has 0 aliphatic carbocycles. The molecule has 1 fully saturated rings. The number of likely N-dealkylation sites (N-methyl/N-ethyl adjacent to an activating group) is 1. The summed E-state index contributed by atoms with van der Waals surface area (Å²) < 4.78 is 36.2. The Bertz CT molecular complexity index is 310. The molecule has 1 amide bonds. The highest BCUT2D eigenvalue weighted by Gasteiger charge is 2.30. The molecule has 4 nitrogen and oxygen atoms in total. The van der Waals surface area contributed by atoms with Gasteiger partial charge in [-0.25, -0.2) is 0 Å². The lowest BCUT2D eigenvalue weighted by Gasteiger charge is -2.39. The molecule has 1 saturated heterocycles. The fraction of sp³-hybridized carbons (Fsp3) is 0.923. The first kappa shape index (κ1) is 17.2. The minimum atomic E-state index is -4.35. The van der Waals surface area contributed by atoms with Crippen LogP contribution in [-0.2, 0) is 4.79 Å². The summed E-state index contributed by atoms with van der Waals surface area (Å²) in [7, 11) is 0. The molecule has 0 radical (unpaired) electrons. The van der Waals surface area contributed by atoms with E-state index in [0.717, 1.165) is 32.4 Å². The van der Waals surface area contributed by atoms with Gasteiger partial charge < -0.3 is 10.6 Å².